The number of nitrogens with one attached hydrogen (secondary N) is 1. The largest absolute Gasteiger partial charge is 0.356 e. The third kappa shape index (κ3) is 4.39. The average Bonchev–Trinajstić information content (AvgIpc) is 2.92. The SMILES string of the molecule is Cc1nn(CCC(=O)NC[C@H]2CCCN(c3ncccn3)C2)c(C)c1C. The van der Waals surface area contributed by atoms with Crippen LogP contribution in [0, 0.1) is 26.7 Å². The third-order valence-corrected chi connectivity index (χ3v) is 5.24. The maximum Gasteiger partial charge on any atom is 0.225 e. The fourth-order valence-corrected chi connectivity index (χ4v) is 3.43. The standard InChI is InChI=1S/C19H28N6O/c1-14-15(2)23-25(16(14)3)11-7-18(26)22-12-17-6-4-10-24(13-17)19-20-8-5-9-21-19/h5,8-9,17H,4,6-7,10-13H2,1-3H3,(H,22,26)/t17-/m1/s1. The number of piperidine rings is 1. The number of carbonyl (C=O) groups excluding carboxylic acids is 1. The molecule has 1 aliphatic heterocycles. The van der Waals surface area contributed by atoms with Crippen molar-refractivity contribution in [3.8, 4) is 0 Å². The highest BCUT2D eigenvalue weighted by Crippen LogP contribution is 2.19. The maximum absolute atomic E-state index is 12.2. The van der Waals surface area contributed by atoms with Crippen molar-refractivity contribution in [3.05, 3.63) is 35.4 Å². The number of aryl methyl sites for hydroxylation is 2. The molecular formula is C19H28N6O. The van der Waals surface area contributed by atoms with E-state index >= 15 is 0 Å². The van der Waals surface area contributed by atoms with E-state index in [1.54, 1.807) is 12.4 Å². The van der Waals surface area contributed by atoms with E-state index in [1.807, 2.05) is 17.7 Å². The second-order valence-corrected chi connectivity index (χ2v) is 7.08. The Morgan fingerprint density at radius 2 is 2.04 bits per heavy atom. The van der Waals surface area contributed by atoms with Gasteiger partial charge in [-0.25, -0.2) is 9.97 Å². The van der Waals surface area contributed by atoms with Gasteiger partial charge in [0.2, 0.25) is 11.9 Å². The molecule has 0 radical (unpaired) electrons. The molecule has 1 aliphatic rings. The summed E-state index contributed by atoms with van der Waals surface area (Å²) in [5, 5.41) is 7.58. The first-order valence-electron chi connectivity index (χ1n) is 9.34. The molecule has 3 heterocycles. The molecule has 2 aromatic heterocycles. The molecule has 26 heavy (non-hydrogen) atoms. The average molecular weight is 356 g/mol. The first kappa shape index (κ1) is 18.4. The van der Waals surface area contributed by atoms with Crippen LogP contribution in [0.2, 0.25) is 0 Å². The molecule has 0 unspecified atom stereocenters. The lowest BCUT2D eigenvalue weighted by Crippen LogP contribution is -2.41. The molecule has 7 heteroatoms. The number of anilines is 1. The van der Waals surface area contributed by atoms with Crippen LogP contribution in [0.5, 0.6) is 0 Å². The van der Waals surface area contributed by atoms with Gasteiger partial charge in [-0.1, -0.05) is 0 Å². The summed E-state index contributed by atoms with van der Waals surface area (Å²) in [6, 6.07) is 1.83. The second-order valence-electron chi connectivity index (χ2n) is 7.08. The van der Waals surface area contributed by atoms with Crippen molar-refractivity contribution in [1.29, 1.82) is 0 Å². The highest BCUT2D eigenvalue weighted by atomic mass is 16.1. The van der Waals surface area contributed by atoms with Crippen LogP contribution in [0.1, 0.15) is 36.2 Å². The molecule has 0 aromatic carbocycles. The van der Waals surface area contributed by atoms with E-state index in [9.17, 15) is 4.79 Å². The number of hydrogen-bond donors (Lipinski definition) is 1. The fourth-order valence-electron chi connectivity index (χ4n) is 3.43. The van der Waals surface area contributed by atoms with Crippen LogP contribution in [0.25, 0.3) is 0 Å². The highest BCUT2D eigenvalue weighted by Gasteiger charge is 2.22. The third-order valence-electron chi connectivity index (χ3n) is 5.24. The Bertz CT molecular complexity index is 742. The van der Waals surface area contributed by atoms with E-state index in [4.69, 9.17) is 0 Å². The molecule has 140 valence electrons. The van der Waals surface area contributed by atoms with E-state index in [1.165, 1.54) is 5.56 Å². The lowest BCUT2D eigenvalue weighted by atomic mass is 9.98. The number of amides is 1. The summed E-state index contributed by atoms with van der Waals surface area (Å²) in [5.74, 6) is 1.30. The predicted molar refractivity (Wildman–Crippen MR) is 101 cm³/mol. The van der Waals surface area contributed by atoms with Gasteiger partial charge < -0.3 is 10.2 Å². The van der Waals surface area contributed by atoms with Crippen LogP contribution in [0.15, 0.2) is 18.5 Å². The molecule has 0 spiro atoms. The fraction of sp³-hybridized carbons (Fsp3) is 0.579. The summed E-state index contributed by atoms with van der Waals surface area (Å²) in [7, 11) is 0. The van der Waals surface area contributed by atoms with Crippen molar-refractivity contribution >= 4 is 11.9 Å². The minimum atomic E-state index is 0.0864. The lowest BCUT2D eigenvalue weighted by molar-refractivity contribution is -0.121. The van der Waals surface area contributed by atoms with E-state index in [0.29, 0.717) is 25.4 Å². The molecule has 0 saturated carbocycles. The summed E-state index contributed by atoms with van der Waals surface area (Å²) >= 11 is 0. The molecule has 1 amide bonds. The van der Waals surface area contributed by atoms with Gasteiger partial charge in [0, 0.05) is 50.7 Å². The van der Waals surface area contributed by atoms with Gasteiger partial charge in [-0.15, -0.1) is 0 Å². The summed E-state index contributed by atoms with van der Waals surface area (Å²) < 4.78 is 1.93. The van der Waals surface area contributed by atoms with Gasteiger partial charge in [0.1, 0.15) is 0 Å². The number of hydrogen-bond acceptors (Lipinski definition) is 5. The van der Waals surface area contributed by atoms with E-state index < -0.39 is 0 Å². The van der Waals surface area contributed by atoms with E-state index in [0.717, 1.165) is 43.3 Å². The zero-order chi connectivity index (χ0) is 18.5. The van der Waals surface area contributed by atoms with Crippen molar-refractivity contribution in [1.82, 2.24) is 25.1 Å². The smallest absolute Gasteiger partial charge is 0.225 e. The summed E-state index contributed by atoms with van der Waals surface area (Å²) in [6.45, 7) is 9.32. The van der Waals surface area contributed by atoms with Crippen molar-refractivity contribution in [2.24, 2.45) is 5.92 Å². The Kier molecular flexibility index (Phi) is 5.85. The van der Waals surface area contributed by atoms with Gasteiger partial charge in [0.05, 0.1) is 5.69 Å². The second kappa shape index (κ2) is 8.29. The zero-order valence-corrected chi connectivity index (χ0v) is 15.9. The zero-order valence-electron chi connectivity index (χ0n) is 15.9. The number of aromatic nitrogens is 4. The van der Waals surface area contributed by atoms with Crippen LogP contribution >= 0.6 is 0 Å². The van der Waals surface area contributed by atoms with Gasteiger partial charge >= 0.3 is 0 Å². The van der Waals surface area contributed by atoms with Crippen molar-refractivity contribution < 1.29 is 4.79 Å². The molecule has 1 atom stereocenters. The molecule has 1 fully saturated rings. The van der Waals surface area contributed by atoms with Crippen molar-refractivity contribution in [2.45, 2.75) is 46.6 Å². The van der Waals surface area contributed by atoms with Crippen LogP contribution < -0.4 is 10.2 Å². The van der Waals surface area contributed by atoms with Crippen LogP contribution in [-0.2, 0) is 11.3 Å². The number of carbonyl (C=O) groups is 1. The monoisotopic (exact) mass is 356 g/mol. The van der Waals surface area contributed by atoms with Crippen LogP contribution in [0.3, 0.4) is 0 Å². The summed E-state index contributed by atoms with van der Waals surface area (Å²) in [6.07, 6.45) is 6.23. The predicted octanol–water partition coefficient (Wildman–Crippen LogP) is 2.02. The number of nitrogens with zero attached hydrogens (tertiary/aromatic N) is 5. The van der Waals surface area contributed by atoms with E-state index in [-0.39, 0.29) is 5.91 Å². The molecule has 0 bridgehead atoms. The molecule has 7 nitrogen and oxygen atoms in total. The van der Waals surface area contributed by atoms with Gasteiger partial charge in [-0.3, -0.25) is 9.48 Å². The van der Waals surface area contributed by atoms with Gasteiger partial charge in [0.25, 0.3) is 0 Å². The Morgan fingerprint density at radius 3 is 2.73 bits per heavy atom. The molecule has 0 aliphatic carbocycles. The number of rotatable bonds is 6. The lowest BCUT2D eigenvalue weighted by Gasteiger charge is -2.32. The molecule has 1 N–H and O–H groups in total. The normalized spacial score (nSPS) is 17.3. The molecule has 2 aromatic rings. The summed E-state index contributed by atoms with van der Waals surface area (Å²) in [5.41, 5.74) is 3.38. The van der Waals surface area contributed by atoms with Crippen molar-refractivity contribution in [3.63, 3.8) is 0 Å². The van der Waals surface area contributed by atoms with Crippen LogP contribution in [-0.4, -0.2) is 45.3 Å². The topological polar surface area (TPSA) is 75.9 Å². The Hall–Kier alpha value is -2.44. The molecular weight excluding hydrogens is 328 g/mol. The Balaban J connectivity index is 1.44. The Labute approximate surface area is 154 Å². The summed E-state index contributed by atoms with van der Waals surface area (Å²) in [4.78, 5) is 23.1. The highest BCUT2D eigenvalue weighted by molar-refractivity contribution is 5.75. The van der Waals surface area contributed by atoms with Gasteiger partial charge in [-0.2, -0.15) is 5.10 Å². The first-order valence-corrected chi connectivity index (χ1v) is 9.34. The van der Waals surface area contributed by atoms with Gasteiger partial charge in [0.15, 0.2) is 0 Å². The minimum absolute atomic E-state index is 0.0864. The van der Waals surface area contributed by atoms with E-state index in [2.05, 4.69) is 39.1 Å². The maximum atomic E-state index is 12.2. The minimum Gasteiger partial charge on any atom is -0.356 e. The molecule has 3 rings (SSSR count). The first-order chi connectivity index (χ1) is 12.5. The quantitative estimate of drug-likeness (QED) is 0.857. The van der Waals surface area contributed by atoms with Crippen molar-refractivity contribution in [2.75, 3.05) is 24.5 Å². The van der Waals surface area contributed by atoms with Gasteiger partial charge in [-0.05, 0) is 51.2 Å². The molecule has 1 saturated heterocycles. The Morgan fingerprint density at radius 1 is 1.27 bits per heavy atom. The van der Waals surface area contributed by atoms with Crippen LogP contribution in [0.4, 0.5) is 5.95 Å².